The molecular formula is C19H27N5O3. The Hall–Kier alpha value is -2.45. The number of piperazine rings is 1. The molecule has 3 N–H and O–H groups in total. The van der Waals surface area contributed by atoms with Crippen LogP contribution in [0.2, 0.25) is 0 Å². The van der Waals surface area contributed by atoms with Gasteiger partial charge in [0.25, 0.3) is 0 Å². The second-order valence-corrected chi connectivity index (χ2v) is 7.29. The smallest absolute Gasteiger partial charge is 0.312 e. The molecular weight excluding hydrogens is 346 g/mol. The highest BCUT2D eigenvalue weighted by atomic mass is 16.2. The summed E-state index contributed by atoms with van der Waals surface area (Å²) in [5.41, 5.74) is 7.42. The minimum Gasteiger partial charge on any atom is -0.346 e. The Kier molecular flexibility index (Phi) is 6.08. The van der Waals surface area contributed by atoms with E-state index in [2.05, 4.69) is 16.2 Å². The van der Waals surface area contributed by atoms with Gasteiger partial charge in [0.15, 0.2) is 0 Å². The molecule has 3 rings (SSSR count). The maximum absolute atomic E-state index is 12.8. The summed E-state index contributed by atoms with van der Waals surface area (Å²) in [6, 6.07) is 9.75. The van der Waals surface area contributed by atoms with E-state index in [1.807, 2.05) is 44.2 Å². The molecule has 0 bridgehead atoms. The van der Waals surface area contributed by atoms with Crippen LogP contribution in [-0.2, 0) is 14.4 Å². The Morgan fingerprint density at radius 1 is 1.00 bits per heavy atom. The van der Waals surface area contributed by atoms with Crippen molar-refractivity contribution in [3.63, 3.8) is 0 Å². The summed E-state index contributed by atoms with van der Waals surface area (Å²) in [7, 11) is 0. The van der Waals surface area contributed by atoms with Crippen molar-refractivity contribution >= 4 is 17.7 Å². The van der Waals surface area contributed by atoms with Gasteiger partial charge in [0.2, 0.25) is 5.91 Å². The largest absolute Gasteiger partial charge is 0.346 e. The lowest BCUT2D eigenvalue weighted by Gasteiger charge is -2.35. The SMILES string of the molecule is CC(C)NC(=O)C(=O)N1CCN(C(=O)C2CC(c3ccccc3)NN2)CC1. The van der Waals surface area contributed by atoms with Crippen LogP contribution in [0.5, 0.6) is 0 Å². The van der Waals surface area contributed by atoms with Gasteiger partial charge in [0.05, 0.1) is 0 Å². The predicted octanol–water partition coefficient (Wildman–Crippen LogP) is -0.210. The molecule has 0 radical (unpaired) electrons. The van der Waals surface area contributed by atoms with Crippen LogP contribution in [0.4, 0.5) is 0 Å². The van der Waals surface area contributed by atoms with Crippen molar-refractivity contribution in [3.05, 3.63) is 35.9 Å². The van der Waals surface area contributed by atoms with Crippen LogP contribution < -0.4 is 16.2 Å². The van der Waals surface area contributed by atoms with Crippen LogP contribution in [0.3, 0.4) is 0 Å². The van der Waals surface area contributed by atoms with Gasteiger partial charge >= 0.3 is 11.8 Å². The Morgan fingerprint density at radius 2 is 1.63 bits per heavy atom. The zero-order valence-corrected chi connectivity index (χ0v) is 15.8. The van der Waals surface area contributed by atoms with Crippen LogP contribution >= 0.6 is 0 Å². The standard InChI is InChI=1S/C19H27N5O3/c1-13(2)20-17(25)19(27)24-10-8-23(9-11-24)18(26)16-12-15(21-22-16)14-6-4-3-5-7-14/h3-7,13,15-16,21-22H,8-12H2,1-2H3,(H,20,25). The molecule has 2 aliphatic heterocycles. The fourth-order valence-electron chi connectivity index (χ4n) is 3.44. The Balaban J connectivity index is 1.49. The minimum absolute atomic E-state index is 0.0275. The number of hydrogen-bond acceptors (Lipinski definition) is 5. The molecule has 27 heavy (non-hydrogen) atoms. The Bertz CT molecular complexity index is 686. The van der Waals surface area contributed by atoms with E-state index in [4.69, 9.17) is 0 Å². The summed E-state index contributed by atoms with van der Waals surface area (Å²) >= 11 is 0. The van der Waals surface area contributed by atoms with E-state index < -0.39 is 11.8 Å². The van der Waals surface area contributed by atoms with Crippen LogP contribution in [0.15, 0.2) is 30.3 Å². The minimum atomic E-state index is -0.586. The van der Waals surface area contributed by atoms with E-state index in [-0.39, 0.29) is 24.0 Å². The zero-order valence-electron chi connectivity index (χ0n) is 15.8. The molecule has 3 amide bonds. The second kappa shape index (κ2) is 8.49. The van der Waals surface area contributed by atoms with Crippen LogP contribution in [0, 0.1) is 0 Å². The zero-order chi connectivity index (χ0) is 19.4. The van der Waals surface area contributed by atoms with Crippen molar-refractivity contribution in [1.82, 2.24) is 26.0 Å². The van der Waals surface area contributed by atoms with Gasteiger partial charge in [-0.3, -0.25) is 14.4 Å². The van der Waals surface area contributed by atoms with E-state index in [1.165, 1.54) is 4.90 Å². The normalized spacial score (nSPS) is 22.8. The summed E-state index contributed by atoms with van der Waals surface area (Å²) in [4.78, 5) is 40.0. The molecule has 1 aromatic rings. The molecule has 0 saturated carbocycles. The number of hydrogen-bond donors (Lipinski definition) is 3. The second-order valence-electron chi connectivity index (χ2n) is 7.29. The first-order valence-electron chi connectivity index (χ1n) is 9.40. The van der Waals surface area contributed by atoms with E-state index in [0.717, 1.165) is 5.56 Å². The lowest BCUT2D eigenvalue weighted by Crippen LogP contribution is -2.56. The van der Waals surface area contributed by atoms with Gasteiger partial charge in [-0.25, -0.2) is 10.9 Å². The van der Waals surface area contributed by atoms with Crippen molar-refractivity contribution in [2.24, 2.45) is 0 Å². The highest BCUT2D eigenvalue weighted by Gasteiger charge is 2.35. The summed E-state index contributed by atoms with van der Waals surface area (Å²) in [5.74, 6) is -1.09. The van der Waals surface area contributed by atoms with Crippen molar-refractivity contribution in [1.29, 1.82) is 0 Å². The number of hydrazine groups is 1. The van der Waals surface area contributed by atoms with Gasteiger partial charge in [-0.2, -0.15) is 0 Å². The van der Waals surface area contributed by atoms with E-state index >= 15 is 0 Å². The first-order valence-corrected chi connectivity index (χ1v) is 9.40. The molecule has 0 aromatic heterocycles. The first-order chi connectivity index (χ1) is 13.0. The molecule has 0 aliphatic carbocycles. The third-order valence-corrected chi connectivity index (χ3v) is 4.90. The number of carbonyl (C=O) groups is 3. The molecule has 0 spiro atoms. The monoisotopic (exact) mass is 373 g/mol. The van der Waals surface area contributed by atoms with Gasteiger partial charge < -0.3 is 15.1 Å². The molecule has 1 aromatic carbocycles. The Labute approximate surface area is 159 Å². The molecule has 2 fully saturated rings. The molecule has 146 valence electrons. The summed E-state index contributed by atoms with van der Waals surface area (Å²) in [6.07, 6.45) is 0.679. The molecule has 2 heterocycles. The molecule has 8 nitrogen and oxygen atoms in total. The van der Waals surface area contributed by atoms with Gasteiger partial charge in [-0.15, -0.1) is 0 Å². The third kappa shape index (κ3) is 4.64. The van der Waals surface area contributed by atoms with Crippen LogP contribution in [0.1, 0.15) is 31.9 Å². The van der Waals surface area contributed by atoms with Crippen molar-refractivity contribution < 1.29 is 14.4 Å². The predicted molar refractivity (Wildman–Crippen MR) is 100 cm³/mol. The molecule has 8 heteroatoms. The van der Waals surface area contributed by atoms with Crippen LogP contribution in [0.25, 0.3) is 0 Å². The van der Waals surface area contributed by atoms with Gasteiger partial charge in [0.1, 0.15) is 6.04 Å². The molecule has 2 aliphatic rings. The lowest BCUT2D eigenvalue weighted by atomic mass is 10.0. The molecule has 2 unspecified atom stereocenters. The van der Waals surface area contributed by atoms with Gasteiger partial charge in [-0.1, -0.05) is 30.3 Å². The highest BCUT2D eigenvalue weighted by Crippen LogP contribution is 2.23. The number of rotatable bonds is 3. The first kappa shape index (κ1) is 19.3. The average molecular weight is 373 g/mol. The number of benzene rings is 1. The maximum atomic E-state index is 12.8. The van der Waals surface area contributed by atoms with Gasteiger partial charge in [0, 0.05) is 38.3 Å². The highest BCUT2D eigenvalue weighted by molar-refractivity contribution is 6.35. The summed E-state index contributed by atoms with van der Waals surface area (Å²) in [5, 5.41) is 2.61. The topological polar surface area (TPSA) is 93.8 Å². The fourth-order valence-corrected chi connectivity index (χ4v) is 3.44. The number of amides is 3. The quantitative estimate of drug-likeness (QED) is 0.638. The summed E-state index contributed by atoms with van der Waals surface area (Å²) < 4.78 is 0. The van der Waals surface area contributed by atoms with E-state index in [9.17, 15) is 14.4 Å². The Morgan fingerprint density at radius 3 is 2.26 bits per heavy atom. The molecule has 2 atom stereocenters. The van der Waals surface area contributed by atoms with E-state index in [1.54, 1.807) is 4.90 Å². The van der Waals surface area contributed by atoms with Gasteiger partial charge in [-0.05, 0) is 25.8 Å². The van der Waals surface area contributed by atoms with E-state index in [0.29, 0.717) is 32.6 Å². The summed E-state index contributed by atoms with van der Waals surface area (Å²) in [6.45, 7) is 5.25. The number of carbonyl (C=O) groups excluding carboxylic acids is 3. The number of nitrogens with one attached hydrogen (secondary N) is 3. The van der Waals surface area contributed by atoms with Crippen molar-refractivity contribution in [2.75, 3.05) is 26.2 Å². The third-order valence-electron chi connectivity index (χ3n) is 4.90. The van der Waals surface area contributed by atoms with Crippen molar-refractivity contribution in [3.8, 4) is 0 Å². The average Bonchev–Trinajstić information content (AvgIpc) is 3.17. The fraction of sp³-hybridized carbons (Fsp3) is 0.526. The van der Waals surface area contributed by atoms with Crippen LogP contribution in [-0.4, -0.2) is 65.8 Å². The van der Waals surface area contributed by atoms with Crippen molar-refractivity contribution in [2.45, 2.75) is 38.4 Å². The maximum Gasteiger partial charge on any atom is 0.312 e. The lowest BCUT2D eigenvalue weighted by molar-refractivity contribution is -0.148. The molecule has 2 saturated heterocycles. The number of nitrogens with zero attached hydrogens (tertiary/aromatic N) is 2.